The highest BCUT2D eigenvalue weighted by atomic mass is 16.4. The van der Waals surface area contributed by atoms with Crippen molar-refractivity contribution in [3.05, 3.63) is 0 Å². The van der Waals surface area contributed by atoms with E-state index in [0.717, 1.165) is 45.1 Å². The molecular formula is C14H24N2O3. The number of carbonyl (C=O) groups excluding carboxylic acids is 1. The van der Waals surface area contributed by atoms with Crippen LogP contribution in [0.15, 0.2) is 0 Å². The van der Waals surface area contributed by atoms with Gasteiger partial charge in [0.1, 0.15) is 0 Å². The van der Waals surface area contributed by atoms with Crippen LogP contribution < -0.4 is 5.32 Å². The number of rotatable bonds is 3. The van der Waals surface area contributed by atoms with Crippen molar-refractivity contribution < 1.29 is 14.7 Å². The van der Waals surface area contributed by atoms with E-state index in [1.165, 1.54) is 6.42 Å². The number of hydrogen-bond donors (Lipinski definition) is 2. The van der Waals surface area contributed by atoms with Gasteiger partial charge in [-0.1, -0.05) is 12.8 Å². The summed E-state index contributed by atoms with van der Waals surface area (Å²) in [6, 6.07) is 0.187. The molecule has 19 heavy (non-hydrogen) atoms. The Hall–Kier alpha value is -1.26. The molecule has 2 N–H and O–H groups in total. The minimum Gasteiger partial charge on any atom is -0.481 e. The summed E-state index contributed by atoms with van der Waals surface area (Å²) in [6.45, 7) is 2.85. The van der Waals surface area contributed by atoms with Crippen LogP contribution in [0.1, 0.15) is 58.3 Å². The van der Waals surface area contributed by atoms with E-state index in [2.05, 4.69) is 12.2 Å². The Morgan fingerprint density at radius 1 is 1.26 bits per heavy atom. The summed E-state index contributed by atoms with van der Waals surface area (Å²) >= 11 is 0. The maximum absolute atomic E-state index is 12.4. The van der Waals surface area contributed by atoms with Gasteiger partial charge in [-0.05, 0) is 39.0 Å². The summed E-state index contributed by atoms with van der Waals surface area (Å²) in [6.07, 6.45) is 6.88. The summed E-state index contributed by atoms with van der Waals surface area (Å²) in [5.41, 5.74) is -0.514. The summed E-state index contributed by atoms with van der Waals surface area (Å²) in [5.74, 6) is -0.825. The second kappa shape index (κ2) is 5.80. The van der Waals surface area contributed by atoms with Crippen LogP contribution in [0.4, 0.5) is 4.79 Å². The maximum atomic E-state index is 12.4. The van der Waals surface area contributed by atoms with Gasteiger partial charge in [-0.15, -0.1) is 0 Å². The topological polar surface area (TPSA) is 69.6 Å². The van der Waals surface area contributed by atoms with Crippen LogP contribution in [-0.2, 0) is 4.79 Å². The van der Waals surface area contributed by atoms with Gasteiger partial charge < -0.3 is 15.3 Å². The molecule has 2 amide bonds. The minimum atomic E-state index is -0.825. The average molecular weight is 268 g/mol. The predicted octanol–water partition coefficient (Wildman–Crippen LogP) is 2.36. The number of amides is 2. The van der Waals surface area contributed by atoms with Crippen molar-refractivity contribution in [2.75, 3.05) is 6.54 Å². The molecule has 1 atom stereocenters. The third-order valence-electron chi connectivity index (χ3n) is 4.49. The first-order chi connectivity index (χ1) is 9.02. The fraction of sp³-hybridized carbons (Fsp3) is 0.857. The van der Waals surface area contributed by atoms with Crippen molar-refractivity contribution >= 4 is 12.0 Å². The molecule has 5 nitrogen and oxygen atoms in total. The molecule has 0 aromatic rings. The van der Waals surface area contributed by atoms with E-state index in [1.807, 2.05) is 4.90 Å². The number of aliphatic carboxylic acids is 1. The second-order valence-electron chi connectivity index (χ2n) is 6.03. The summed E-state index contributed by atoms with van der Waals surface area (Å²) in [5, 5.41) is 12.1. The molecule has 1 aliphatic carbocycles. The quantitative estimate of drug-likeness (QED) is 0.825. The first kappa shape index (κ1) is 14.2. The molecule has 2 rings (SSSR count). The molecule has 0 aromatic carbocycles. The molecule has 1 saturated carbocycles. The van der Waals surface area contributed by atoms with Crippen LogP contribution in [-0.4, -0.2) is 40.1 Å². The van der Waals surface area contributed by atoms with Crippen molar-refractivity contribution in [1.82, 2.24) is 10.2 Å². The van der Waals surface area contributed by atoms with Crippen molar-refractivity contribution in [1.29, 1.82) is 0 Å². The normalized spacial score (nSPS) is 26.2. The first-order valence-corrected chi connectivity index (χ1v) is 7.33. The summed E-state index contributed by atoms with van der Waals surface area (Å²) in [4.78, 5) is 25.3. The Labute approximate surface area is 114 Å². The second-order valence-corrected chi connectivity index (χ2v) is 6.03. The SMILES string of the molecule is CC1CCCCN1C(=O)NC1(CC(=O)O)CCCC1. The zero-order valence-electron chi connectivity index (χ0n) is 11.7. The third-order valence-corrected chi connectivity index (χ3v) is 4.49. The van der Waals surface area contributed by atoms with Gasteiger partial charge in [-0.25, -0.2) is 4.79 Å². The van der Waals surface area contributed by atoms with Crippen molar-refractivity contribution in [3.8, 4) is 0 Å². The number of hydrogen-bond acceptors (Lipinski definition) is 2. The summed E-state index contributed by atoms with van der Waals surface area (Å²) in [7, 11) is 0. The van der Waals surface area contributed by atoms with Gasteiger partial charge in [0.2, 0.25) is 0 Å². The number of piperidine rings is 1. The largest absolute Gasteiger partial charge is 0.481 e. The highest BCUT2D eigenvalue weighted by Gasteiger charge is 2.39. The van der Waals surface area contributed by atoms with Gasteiger partial charge in [-0.3, -0.25) is 4.79 Å². The van der Waals surface area contributed by atoms with Gasteiger partial charge in [0, 0.05) is 12.6 Å². The first-order valence-electron chi connectivity index (χ1n) is 7.33. The monoisotopic (exact) mass is 268 g/mol. The van der Waals surface area contributed by atoms with Crippen molar-refractivity contribution in [2.45, 2.75) is 69.9 Å². The molecule has 0 radical (unpaired) electrons. The minimum absolute atomic E-state index is 0.0426. The van der Waals surface area contributed by atoms with Gasteiger partial charge in [0.15, 0.2) is 0 Å². The van der Waals surface area contributed by atoms with E-state index >= 15 is 0 Å². The molecule has 1 unspecified atom stereocenters. The molecule has 108 valence electrons. The Morgan fingerprint density at radius 2 is 1.95 bits per heavy atom. The molecule has 1 saturated heterocycles. The van der Waals surface area contributed by atoms with Crippen LogP contribution in [0.2, 0.25) is 0 Å². The van der Waals surface area contributed by atoms with Crippen molar-refractivity contribution in [3.63, 3.8) is 0 Å². The maximum Gasteiger partial charge on any atom is 0.318 e. The number of carbonyl (C=O) groups is 2. The molecule has 2 aliphatic rings. The smallest absolute Gasteiger partial charge is 0.318 e. The zero-order valence-corrected chi connectivity index (χ0v) is 11.7. The Bertz CT molecular complexity index is 351. The van der Waals surface area contributed by atoms with Crippen LogP contribution in [0.25, 0.3) is 0 Å². The zero-order chi connectivity index (χ0) is 13.9. The molecule has 0 aromatic heterocycles. The number of urea groups is 1. The lowest BCUT2D eigenvalue weighted by molar-refractivity contribution is -0.138. The number of carboxylic acids is 1. The Kier molecular flexibility index (Phi) is 4.32. The Balaban J connectivity index is 2.00. The standard InChI is InChI=1S/C14H24N2O3/c1-11-6-2-5-9-16(11)13(19)15-14(10-12(17)18)7-3-4-8-14/h11H,2-10H2,1H3,(H,15,19)(H,17,18). The molecular weight excluding hydrogens is 244 g/mol. The highest BCUT2D eigenvalue weighted by Crippen LogP contribution is 2.33. The number of carboxylic acid groups (broad SMARTS) is 1. The van der Waals surface area contributed by atoms with Crippen LogP contribution in [0.3, 0.4) is 0 Å². The fourth-order valence-corrected chi connectivity index (χ4v) is 3.39. The van der Waals surface area contributed by atoms with E-state index in [1.54, 1.807) is 0 Å². The van der Waals surface area contributed by atoms with Crippen molar-refractivity contribution in [2.24, 2.45) is 0 Å². The highest BCUT2D eigenvalue weighted by molar-refractivity contribution is 5.77. The summed E-state index contributed by atoms with van der Waals surface area (Å²) < 4.78 is 0. The molecule has 0 bridgehead atoms. The molecule has 5 heteroatoms. The van der Waals surface area contributed by atoms with E-state index in [0.29, 0.717) is 0 Å². The van der Waals surface area contributed by atoms with E-state index < -0.39 is 11.5 Å². The lowest BCUT2D eigenvalue weighted by atomic mass is 9.93. The lowest BCUT2D eigenvalue weighted by Crippen LogP contribution is -2.55. The van der Waals surface area contributed by atoms with E-state index in [9.17, 15) is 9.59 Å². The van der Waals surface area contributed by atoms with Gasteiger partial charge >= 0.3 is 12.0 Å². The van der Waals surface area contributed by atoms with Crippen LogP contribution in [0.5, 0.6) is 0 Å². The van der Waals surface area contributed by atoms with Crippen LogP contribution in [0, 0.1) is 0 Å². The van der Waals surface area contributed by atoms with E-state index in [-0.39, 0.29) is 18.5 Å². The van der Waals surface area contributed by atoms with Crippen LogP contribution >= 0.6 is 0 Å². The number of nitrogens with one attached hydrogen (secondary N) is 1. The Morgan fingerprint density at radius 3 is 2.53 bits per heavy atom. The molecule has 0 spiro atoms. The molecule has 1 aliphatic heterocycles. The average Bonchev–Trinajstić information content (AvgIpc) is 2.76. The predicted molar refractivity (Wildman–Crippen MR) is 72.0 cm³/mol. The third kappa shape index (κ3) is 3.39. The van der Waals surface area contributed by atoms with Gasteiger partial charge in [0.05, 0.1) is 12.0 Å². The fourth-order valence-electron chi connectivity index (χ4n) is 3.39. The molecule has 1 heterocycles. The van der Waals surface area contributed by atoms with E-state index in [4.69, 9.17) is 5.11 Å². The lowest BCUT2D eigenvalue weighted by Gasteiger charge is -2.37. The number of nitrogens with zero attached hydrogens (tertiary/aromatic N) is 1. The number of likely N-dealkylation sites (tertiary alicyclic amines) is 1. The molecule has 2 fully saturated rings. The van der Waals surface area contributed by atoms with Gasteiger partial charge in [-0.2, -0.15) is 0 Å². The van der Waals surface area contributed by atoms with Gasteiger partial charge in [0.25, 0.3) is 0 Å².